The minimum atomic E-state index is -0.221. The molecule has 0 heterocycles. The highest BCUT2D eigenvalue weighted by Crippen LogP contribution is 2.29. The lowest BCUT2D eigenvalue weighted by Crippen LogP contribution is -2.35. The summed E-state index contributed by atoms with van der Waals surface area (Å²) in [5.41, 5.74) is 0.850. The normalized spacial score (nSPS) is 28.3. The van der Waals surface area contributed by atoms with Crippen molar-refractivity contribution in [2.45, 2.75) is 45.7 Å². The van der Waals surface area contributed by atoms with Crippen molar-refractivity contribution in [3.63, 3.8) is 0 Å². The maximum Gasteiger partial charge on any atom is 0.123 e. The number of halogens is 2. The second-order valence-corrected chi connectivity index (χ2v) is 6.14. The van der Waals surface area contributed by atoms with Gasteiger partial charge in [-0.1, -0.05) is 25.4 Å². The van der Waals surface area contributed by atoms with Crippen molar-refractivity contribution in [3.8, 4) is 0 Å². The molecule has 0 aliphatic heterocycles. The zero-order valence-electron chi connectivity index (χ0n) is 11.0. The Hall–Kier alpha value is -0.600. The van der Waals surface area contributed by atoms with Gasteiger partial charge in [0, 0.05) is 17.6 Å². The molecule has 1 aliphatic rings. The van der Waals surface area contributed by atoms with E-state index in [0.29, 0.717) is 17.6 Å². The predicted molar refractivity (Wildman–Crippen MR) is 74.2 cm³/mol. The smallest absolute Gasteiger partial charge is 0.123 e. The maximum absolute atomic E-state index is 13.2. The van der Waals surface area contributed by atoms with Crippen molar-refractivity contribution >= 4 is 11.6 Å². The SMILES string of the molecule is CC1CC(C)CC(NCc2cc(F)ccc2Cl)C1. The Kier molecular flexibility index (Phi) is 4.63. The fraction of sp³-hybridized carbons (Fsp3) is 0.600. The van der Waals surface area contributed by atoms with Gasteiger partial charge in [0.2, 0.25) is 0 Å². The van der Waals surface area contributed by atoms with Gasteiger partial charge in [0.05, 0.1) is 0 Å². The van der Waals surface area contributed by atoms with E-state index in [1.165, 1.54) is 31.4 Å². The molecule has 1 fully saturated rings. The molecule has 1 aliphatic carbocycles. The summed E-state index contributed by atoms with van der Waals surface area (Å²) >= 11 is 6.06. The van der Waals surface area contributed by atoms with Crippen molar-refractivity contribution in [2.24, 2.45) is 11.8 Å². The number of hydrogen-bond acceptors (Lipinski definition) is 1. The van der Waals surface area contributed by atoms with Crippen LogP contribution in [0.2, 0.25) is 5.02 Å². The summed E-state index contributed by atoms with van der Waals surface area (Å²) in [5, 5.41) is 4.16. The maximum atomic E-state index is 13.2. The molecule has 0 spiro atoms. The molecule has 1 aromatic rings. The lowest BCUT2D eigenvalue weighted by molar-refractivity contribution is 0.238. The third kappa shape index (κ3) is 3.69. The van der Waals surface area contributed by atoms with Crippen LogP contribution in [-0.2, 0) is 6.54 Å². The lowest BCUT2D eigenvalue weighted by Gasteiger charge is -2.32. The molecule has 100 valence electrons. The van der Waals surface area contributed by atoms with Gasteiger partial charge in [0.1, 0.15) is 5.82 Å². The van der Waals surface area contributed by atoms with Gasteiger partial charge in [-0.05, 0) is 54.9 Å². The molecule has 2 rings (SSSR count). The van der Waals surface area contributed by atoms with Crippen LogP contribution in [0.5, 0.6) is 0 Å². The zero-order chi connectivity index (χ0) is 13.1. The van der Waals surface area contributed by atoms with E-state index in [9.17, 15) is 4.39 Å². The van der Waals surface area contributed by atoms with E-state index in [2.05, 4.69) is 19.2 Å². The predicted octanol–water partition coefficient (Wildman–Crippen LogP) is 4.39. The molecular weight excluding hydrogens is 249 g/mol. The van der Waals surface area contributed by atoms with Crippen LogP contribution < -0.4 is 5.32 Å². The molecule has 2 atom stereocenters. The second-order valence-electron chi connectivity index (χ2n) is 5.73. The number of nitrogens with one attached hydrogen (secondary N) is 1. The van der Waals surface area contributed by atoms with Gasteiger partial charge in [-0.2, -0.15) is 0 Å². The first kappa shape index (κ1) is 13.8. The average Bonchev–Trinajstić information content (AvgIpc) is 2.29. The summed E-state index contributed by atoms with van der Waals surface area (Å²) in [5.74, 6) is 1.32. The number of benzene rings is 1. The lowest BCUT2D eigenvalue weighted by atomic mass is 9.80. The van der Waals surface area contributed by atoms with Gasteiger partial charge >= 0.3 is 0 Å². The summed E-state index contributed by atoms with van der Waals surface area (Å²) in [6.07, 6.45) is 3.73. The molecule has 1 N–H and O–H groups in total. The van der Waals surface area contributed by atoms with Crippen LogP contribution in [0.15, 0.2) is 18.2 Å². The second kappa shape index (κ2) is 6.03. The molecule has 0 bridgehead atoms. The highest BCUT2D eigenvalue weighted by Gasteiger charge is 2.23. The van der Waals surface area contributed by atoms with E-state index in [4.69, 9.17) is 11.6 Å². The Balaban J connectivity index is 1.92. The molecule has 2 unspecified atom stereocenters. The molecular formula is C15H21ClFN. The largest absolute Gasteiger partial charge is 0.310 e. The van der Waals surface area contributed by atoms with Crippen LogP contribution >= 0.6 is 11.6 Å². The quantitative estimate of drug-likeness (QED) is 0.858. The Bertz CT molecular complexity index is 397. The Morgan fingerprint density at radius 1 is 1.22 bits per heavy atom. The minimum absolute atomic E-state index is 0.221. The van der Waals surface area contributed by atoms with Crippen LogP contribution in [0.4, 0.5) is 4.39 Å². The van der Waals surface area contributed by atoms with Crippen molar-refractivity contribution in [1.29, 1.82) is 0 Å². The van der Waals surface area contributed by atoms with Crippen LogP contribution in [-0.4, -0.2) is 6.04 Å². The van der Waals surface area contributed by atoms with Crippen LogP contribution in [0.3, 0.4) is 0 Å². The van der Waals surface area contributed by atoms with E-state index >= 15 is 0 Å². The van der Waals surface area contributed by atoms with E-state index in [1.807, 2.05) is 0 Å². The summed E-state index contributed by atoms with van der Waals surface area (Å²) in [6, 6.07) is 5.07. The summed E-state index contributed by atoms with van der Waals surface area (Å²) in [4.78, 5) is 0. The molecule has 0 radical (unpaired) electrons. The molecule has 1 nitrogen and oxygen atoms in total. The van der Waals surface area contributed by atoms with Crippen molar-refractivity contribution in [2.75, 3.05) is 0 Å². The molecule has 18 heavy (non-hydrogen) atoms. The molecule has 0 saturated heterocycles. The Morgan fingerprint density at radius 2 is 1.89 bits per heavy atom. The van der Waals surface area contributed by atoms with Gasteiger partial charge < -0.3 is 5.32 Å². The van der Waals surface area contributed by atoms with Crippen LogP contribution in [0.25, 0.3) is 0 Å². The number of rotatable bonds is 3. The monoisotopic (exact) mass is 269 g/mol. The Labute approximate surface area is 114 Å². The fourth-order valence-electron chi connectivity index (χ4n) is 3.05. The van der Waals surface area contributed by atoms with E-state index in [-0.39, 0.29) is 5.82 Å². The highest BCUT2D eigenvalue weighted by atomic mass is 35.5. The molecule has 3 heteroatoms. The number of hydrogen-bond donors (Lipinski definition) is 1. The van der Waals surface area contributed by atoms with Gasteiger partial charge in [0.15, 0.2) is 0 Å². The fourth-order valence-corrected chi connectivity index (χ4v) is 3.23. The standard InChI is InChI=1S/C15H21ClFN/c1-10-5-11(2)7-14(6-10)18-9-12-8-13(17)3-4-15(12)16/h3-4,8,10-11,14,18H,5-7,9H2,1-2H3. The summed E-state index contributed by atoms with van der Waals surface area (Å²) < 4.78 is 13.2. The topological polar surface area (TPSA) is 12.0 Å². The minimum Gasteiger partial charge on any atom is -0.310 e. The van der Waals surface area contributed by atoms with Gasteiger partial charge in [-0.25, -0.2) is 4.39 Å². The van der Waals surface area contributed by atoms with Crippen molar-refractivity contribution < 1.29 is 4.39 Å². The van der Waals surface area contributed by atoms with Crippen LogP contribution in [0.1, 0.15) is 38.7 Å². The first-order valence-corrected chi connectivity index (χ1v) is 7.09. The van der Waals surface area contributed by atoms with Crippen LogP contribution in [0, 0.1) is 17.7 Å². The molecule has 1 aromatic carbocycles. The third-order valence-electron chi connectivity index (χ3n) is 3.77. The van der Waals surface area contributed by atoms with Gasteiger partial charge in [-0.15, -0.1) is 0 Å². The first-order valence-electron chi connectivity index (χ1n) is 6.72. The molecule has 0 amide bonds. The van der Waals surface area contributed by atoms with Crippen molar-refractivity contribution in [3.05, 3.63) is 34.6 Å². The summed E-state index contributed by atoms with van der Waals surface area (Å²) in [6.45, 7) is 5.26. The van der Waals surface area contributed by atoms with Crippen molar-refractivity contribution in [1.82, 2.24) is 5.32 Å². The Morgan fingerprint density at radius 3 is 2.56 bits per heavy atom. The third-order valence-corrected chi connectivity index (χ3v) is 4.14. The highest BCUT2D eigenvalue weighted by molar-refractivity contribution is 6.31. The van der Waals surface area contributed by atoms with Gasteiger partial charge in [0.25, 0.3) is 0 Å². The average molecular weight is 270 g/mol. The summed E-state index contributed by atoms with van der Waals surface area (Å²) in [7, 11) is 0. The molecule has 1 saturated carbocycles. The zero-order valence-corrected chi connectivity index (χ0v) is 11.8. The molecule has 0 aromatic heterocycles. The van der Waals surface area contributed by atoms with E-state index in [0.717, 1.165) is 17.4 Å². The van der Waals surface area contributed by atoms with E-state index in [1.54, 1.807) is 6.07 Å². The van der Waals surface area contributed by atoms with E-state index < -0.39 is 0 Å². The van der Waals surface area contributed by atoms with Gasteiger partial charge in [-0.3, -0.25) is 0 Å². The first-order chi connectivity index (χ1) is 8.54.